The third-order valence-electron chi connectivity index (χ3n) is 5.03. The van der Waals surface area contributed by atoms with Crippen molar-refractivity contribution in [3.8, 4) is 0 Å². The number of ether oxygens (including phenoxy) is 2. The third-order valence-corrected chi connectivity index (χ3v) is 6.05. The Morgan fingerprint density at radius 1 is 0.935 bits per heavy atom. The molecule has 0 saturated carbocycles. The molecule has 0 N–H and O–H groups in total. The zero-order chi connectivity index (χ0) is 22.2. The molecule has 0 aromatic heterocycles. The van der Waals surface area contributed by atoms with Crippen molar-refractivity contribution in [2.45, 2.75) is 31.6 Å². The maximum absolute atomic E-state index is 13.1. The number of aliphatic imine (C=N–C) groups is 1. The van der Waals surface area contributed by atoms with E-state index < -0.39 is 17.8 Å². The summed E-state index contributed by atoms with van der Waals surface area (Å²) in [5.74, 6) is -1.51. The molecule has 1 aliphatic heterocycles. The van der Waals surface area contributed by atoms with Crippen molar-refractivity contribution in [3.05, 3.63) is 77.5 Å². The van der Waals surface area contributed by atoms with Gasteiger partial charge in [0.05, 0.1) is 24.5 Å². The number of nitrogens with zero attached hydrogens (tertiary/aromatic N) is 1. The van der Waals surface area contributed by atoms with Crippen LogP contribution in [0.2, 0.25) is 0 Å². The standard InChI is InChI=1S/C25H27NO4S/c1-4-29-24(27)21-17(3)26-20(16-31-19-14-10-7-11-15-19)23(25(28)30-5-2)22(21)18-12-8-6-9-13-18/h6-15,21-22H,4-5,16H2,1-3H3. The molecule has 5 nitrogen and oxygen atoms in total. The Morgan fingerprint density at radius 3 is 2.16 bits per heavy atom. The van der Waals surface area contributed by atoms with Crippen LogP contribution < -0.4 is 0 Å². The maximum Gasteiger partial charge on any atom is 0.336 e. The largest absolute Gasteiger partial charge is 0.465 e. The van der Waals surface area contributed by atoms with E-state index in [1.807, 2.05) is 67.6 Å². The van der Waals surface area contributed by atoms with Gasteiger partial charge in [0, 0.05) is 22.3 Å². The first-order chi connectivity index (χ1) is 15.1. The summed E-state index contributed by atoms with van der Waals surface area (Å²) in [5.41, 5.74) is 2.57. The van der Waals surface area contributed by atoms with Crippen molar-refractivity contribution in [3.63, 3.8) is 0 Å². The molecule has 162 valence electrons. The van der Waals surface area contributed by atoms with Gasteiger partial charge in [0.25, 0.3) is 0 Å². The summed E-state index contributed by atoms with van der Waals surface area (Å²) in [7, 11) is 0. The lowest BCUT2D eigenvalue weighted by molar-refractivity contribution is -0.146. The molecule has 2 aromatic rings. The Kier molecular flexibility index (Phi) is 8.06. The molecule has 0 fully saturated rings. The maximum atomic E-state index is 13.1. The number of carbonyl (C=O) groups is 2. The van der Waals surface area contributed by atoms with E-state index in [0.29, 0.717) is 22.7 Å². The van der Waals surface area contributed by atoms with Crippen molar-refractivity contribution in [2.24, 2.45) is 10.9 Å². The Balaban J connectivity index is 2.10. The predicted octanol–water partition coefficient (Wildman–Crippen LogP) is 5.03. The van der Waals surface area contributed by atoms with Gasteiger partial charge in [-0.2, -0.15) is 0 Å². The van der Waals surface area contributed by atoms with Crippen LogP contribution in [0.4, 0.5) is 0 Å². The average molecular weight is 438 g/mol. The highest BCUT2D eigenvalue weighted by molar-refractivity contribution is 7.99. The van der Waals surface area contributed by atoms with E-state index in [9.17, 15) is 9.59 Å². The summed E-state index contributed by atoms with van der Waals surface area (Å²) in [6.07, 6.45) is 0. The summed E-state index contributed by atoms with van der Waals surface area (Å²) in [6.45, 7) is 5.88. The lowest BCUT2D eigenvalue weighted by atomic mass is 9.75. The molecule has 2 aromatic carbocycles. The number of hydrogen-bond acceptors (Lipinski definition) is 6. The molecule has 6 heteroatoms. The molecular formula is C25H27NO4S. The third kappa shape index (κ3) is 5.44. The Bertz CT molecular complexity index is 970. The smallest absolute Gasteiger partial charge is 0.336 e. The second-order valence-electron chi connectivity index (χ2n) is 7.05. The van der Waals surface area contributed by atoms with Crippen molar-refractivity contribution in [1.29, 1.82) is 0 Å². The molecule has 1 heterocycles. The SMILES string of the molecule is CCOC(=O)C1=C(CSc2ccccc2)N=C(C)C(C(=O)OCC)C1c1ccccc1. The fraction of sp³-hybridized carbons (Fsp3) is 0.320. The van der Waals surface area contributed by atoms with Crippen LogP contribution in [0, 0.1) is 5.92 Å². The summed E-state index contributed by atoms with van der Waals surface area (Å²) < 4.78 is 10.8. The summed E-state index contributed by atoms with van der Waals surface area (Å²) in [4.78, 5) is 31.8. The van der Waals surface area contributed by atoms with Crippen LogP contribution in [0.5, 0.6) is 0 Å². The highest BCUT2D eigenvalue weighted by atomic mass is 32.2. The van der Waals surface area contributed by atoms with Crippen LogP contribution in [0.15, 0.2) is 81.8 Å². The number of benzene rings is 2. The minimum absolute atomic E-state index is 0.246. The second-order valence-corrected chi connectivity index (χ2v) is 8.10. The number of esters is 2. The molecule has 31 heavy (non-hydrogen) atoms. The average Bonchev–Trinajstić information content (AvgIpc) is 2.78. The fourth-order valence-corrected chi connectivity index (χ4v) is 4.59. The van der Waals surface area contributed by atoms with Gasteiger partial charge in [0.15, 0.2) is 0 Å². The van der Waals surface area contributed by atoms with Crippen molar-refractivity contribution >= 4 is 29.4 Å². The van der Waals surface area contributed by atoms with Gasteiger partial charge >= 0.3 is 11.9 Å². The summed E-state index contributed by atoms with van der Waals surface area (Å²) in [6, 6.07) is 19.5. The van der Waals surface area contributed by atoms with E-state index in [-0.39, 0.29) is 19.2 Å². The molecular weight excluding hydrogens is 410 g/mol. The highest BCUT2D eigenvalue weighted by Crippen LogP contribution is 2.41. The first kappa shape index (κ1) is 22.8. The number of thioether (sulfide) groups is 1. The molecule has 3 rings (SSSR count). The monoisotopic (exact) mass is 437 g/mol. The summed E-state index contributed by atoms with van der Waals surface area (Å²) >= 11 is 1.60. The number of hydrogen-bond donors (Lipinski definition) is 0. The lowest BCUT2D eigenvalue weighted by Gasteiger charge is -2.32. The van der Waals surface area contributed by atoms with Crippen molar-refractivity contribution < 1.29 is 19.1 Å². The number of carbonyl (C=O) groups excluding carboxylic acids is 2. The van der Waals surface area contributed by atoms with E-state index in [2.05, 4.69) is 0 Å². The van der Waals surface area contributed by atoms with Gasteiger partial charge in [-0.05, 0) is 38.5 Å². The van der Waals surface area contributed by atoms with Crippen LogP contribution in [-0.2, 0) is 19.1 Å². The minimum atomic E-state index is -0.674. The van der Waals surface area contributed by atoms with Gasteiger partial charge in [-0.25, -0.2) is 4.79 Å². The molecule has 0 spiro atoms. The zero-order valence-corrected chi connectivity index (χ0v) is 18.9. The van der Waals surface area contributed by atoms with Gasteiger partial charge in [-0.3, -0.25) is 9.79 Å². The molecule has 0 saturated heterocycles. The Morgan fingerprint density at radius 2 is 1.55 bits per heavy atom. The zero-order valence-electron chi connectivity index (χ0n) is 18.0. The van der Waals surface area contributed by atoms with Crippen molar-refractivity contribution in [2.75, 3.05) is 19.0 Å². The number of rotatable bonds is 8. The van der Waals surface area contributed by atoms with E-state index in [4.69, 9.17) is 14.5 Å². The van der Waals surface area contributed by atoms with E-state index in [0.717, 1.165) is 10.5 Å². The Hall–Kier alpha value is -2.86. The van der Waals surface area contributed by atoms with Gasteiger partial charge in [0.1, 0.15) is 5.92 Å². The molecule has 0 aliphatic carbocycles. The minimum Gasteiger partial charge on any atom is -0.465 e. The predicted molar refractivity (Wildman–Crippen MR) is 123 cm³/mol. The molecule has 0 amide bonds. The highest BCUT2D eigenvalue weighted by Gasteiger charge is 2.43. The molecule has 0 bridgehead atoms. The van der Waals surface area contributed by atoms with Crippen LogP contribution in [0.3, 0.4) is 0 Å². The molecule has 0 radical (unpaired) electrons. The van der Waals surface area contributed by atoms with Crippen molar-refractivity contribution in [1.82, 2.24) is 0 Å². The molecule has 2 atom stereocenters. The Labute approximate surface area is 187 Å². The van der Waals surface area contributed by atoms with Gasteiger partial charge in [-0.15, -0.1) is 11.8 Å². The van der Waals surface area contributed by atoms with Gasteiger partial charge in [0.2, 0.25) is 0 Å². The van der Waals surface area contributed by atoms with E-state index in [1.54, 1.807) is 25.6 Å². The van der Waals surface area contributed by atoms with Gasteiger partial charge in [-0.1, -0.05) is 48.5 Å². The van der Waals surface area contributed by atoms with Crippen LogP contribution in [0.25, 0.3) is 0 Å². The lowest BCUT2D eigenvalue weighted by Crippen LogP contribution is -2.37. The van der Waals surface area contributed by atoms with Crippen LogP contribution in [0.1, 0.15) is 32.3 Å². The topological polar surface area (TPSA) is 65.0 Å². The fourth-order valence-electron chi connectivity index (χ4n) is 3.72. The normalized spacial score (nSPS) is 18.4. The second kappa shape index (κ2) is 11.0. The first-order valence-corrected chi connectivity index (χ1v) is 11.4. The van der Waals surface area contributed by atoms with Crippen LogP contribution in [-0.4, -0.2) is 36.6 Å². The quantitative estimate of drug-likeness (QED) is 0.428. The van der Waals surface area contributed by atoms with Gasteiger partial charge < -0.3 is 9.47 Å². The molecule has 1 aliphatic rings. The first-order valence-electron chi connectivity index (χ1n) is 10.4. The van der Waals surface area contributed by atoms with Crippen LogP contribution >= 0.6 is 11.8 Å². The van der Waals surface area contributed by atoms with E-state index >= 15 is 0 Å². The summed E-state index contributed by atoms with van der Waals surface area (Å²) in [5, 5.41) is 0. The molecule has 2 unspecified atom stereocenters. The van der Waals surface area contributed by atoms with E-state index in [1.165, 1.54) is 0 Å².